The molecule has 2 aromatic heterocycles. The zero-order valence-corrected chi connectivity index (χ0v) is 15.7. The first-order valence-electron chi connectivity index (χ1n) is 8.85. The van der Waals surface area contributed by atoms with Gasteiger partial charge < -0.3 is 9.42 Å². The second-order valence-corrected chi connectivity index (χ2v) is 7.99. The minimum absolute atomic E-state index is 0.0222. The van der Waals surface area contributed by atoms with E-state index in [0.29, 0.717) is 37.0 Å². The van der Waals surface area contributed by atoms with Crippen LogP contribution in [0, 0.1) is 0 Å². The number of carbonyl (C=O) groups is 1. The summed E-state index contributed by atoms with van der Waals surface area (Å²) in [6.45, 7) is 4.91. The quantitative estimate of drug-likeness (QED) is 0.672. The van der Waals surface area contributed by atoms with E-state index < -0.39 is 0 Å². The Balaban J connectivity index is 1.49. The van der Waals surface area contributed by atoms with Crippen molar-refractivity contribution in [2.45, 2.75) is 38.5 Å². The van der Waals surface area contributed by atoms with Crippen molar-refractivity contribution in [3.63, 3.8) is 0 Å². The molecule has 1 unspecified atom stereocenters. The van der Waals surface area contributed by atoms with Crippen LogP contribution in [0.2, 0.25) is 0 Å². The highest BCUT2D eigenvalue weighted by Crippen LogP contribution is 2.32. The molecule has 0 aliphatic carbocycles. The van der Waals surface area contributed by atoms with Crippen molar-refractivity contribution >= 4 is 22.9 Å². The molecule has 1 fully saturated rings. The average molecular weight is 367 g/mol. The number of carbonyl (C=O) groups excluding carboxylic acids is 1. The molecule has 0 bridgehead atoms. The van der Waals surface area contributed by atoms with Gasteiger partial charge in [-0.1, -0.05) is 37.2 Å². The molecule has 1 atom stereocenters. The molecular weight excluding hydrogens is 346 g/mol. The maximum absolute atomic E-state index is 12.5. The molecule has 0 saturated carbocycles. The molecule has 26 heavy (non-hydrogen) atoms. The van der Waals surface area contributed by atoms with Gasteiger partial charge in [-0.3, -0.25) is 4.79 Å². The first kappa shape index (κ1) is 17.0. The molecule has 1 aliphatic rings. The molecule has 0 N–H and O–H groups in total. The number of nitrogens with zero attached hydrogens (tertiary/aromatic N) is 3. The second kappa shape index (κ2) is 7.03. The van der Waals surface area contributed by atoms with Crippen LogP contribution < -0.4 is 4.90 Å². The first-order chi connectivity index (χ1) is 12.6. The lowest BCUT2D eigenvalue weighted by Crippen LogP contribution is -2.24. The maximum Gasteiger partial charge on any atom is 0.231 e. The van der Waals surface area contributed by atoms with E-state index in [-0.39, 0.29) is 11.8 Å². The minimum Gasteiger partial charge on any atom is -0.339 e. The number of thiophene rings is 1. The van der Waals surface area contributed by atoms with E-state index in [1.165, 1.54) is 10.4 Å². The number of hydrogen-bond acceptors (Lipinski definition) is 5. The summed E-state index contributed by atoms with van der Waals surface area (Å²) >= 11 is 1.67. The van der Waals surface area contributed by atoms with Crippen LogP contribution in [0.15, 0.2) is 46.3 Å². The highest BCUT2D eigenvalue weighted by atomic mass is 32.1. The predicted octanol–water partition coefficient (Wildman–Crippen LogP) is 4.37. The van der Waals surface area contributed by atoms with E-state index in [4.69, 9.17) is 4.52 Å². The summed E-state index contributed by atoms with van der Waals surface area (Å²) in [5.74, 6) is 1.76. The van der Waals surface area contributed by atoms with Crippen molar-refractivity contribution in [3.05, 3.63) is 63.9 Å². The molecule has 6 heteroatoms. The van der Waals surface area contributed by atoms with Crippen molar-refractivity contribution in [1.82, 2.24) is 10.1 Å². The molecular formula is C20H21N3O2S. The summed E-state index contributed by atoms with van der Waals surface area (Å²) in [4.78, 5) is 20.1. The molecule has 134 valence electrons. The van der Waals surface area contributed by atoms with Gasteiger partial charge in [-0.05, 0) is 35.1 Å². The zero-order valence-electron chi connectivity index (χ0n) is 14.9. The summed E-state index contributed by atoms with van der Waals surface area (Å²) in [5, 5.41) is 6.16. The van der Waals surface area contributed by atoms with Crippen LogP contribution in [0.1, 0.15) is 54.3 Å². The maximum atomic E-state index is 12.5. The lowest BCUT2D eigenvalue weighted by molar-refractivity contribution is -0.117. The number of amides is 1. The van der Waals surface area contributed by atoms with Gasteiger partial charge in [0.25, 0.3) is 0 Å². The summed E-state index contributed by atoms with van der Waals surface area (Å²) in [6, 6.07) is 12.3. The monoisotopic (exact) mass is 367 g/mol. The van der Waals surface area contributed by atoms with Crippen LogP contribution >= 0.6 is 11.3 Å². The lowest BCUT2D eigenvalue weighted by atomic mass is 10.0. The molecule has 1 aromatic carbocycles. The number of hydrogen-bond donors (Lipinski definition) is 0. The highest BCUT2D eigenvalue weighted by Gasteiger charge is 2.34. The van der Waals surface area contributed by atoms with Crippen molar-refractivity contribution in [3.8, 4) is 0 Å². The Labute approximate surface area is 156 Å². The Bertz CT molecular complexity index is 901. The third kappa shape index (κ3) is 3.42. The lowest BCUT2D eigenvalue weighted by Gasteiger charge is -2.18. The van der Waals surface area contributed by atoms with Crippen LogP contribution in [-0.2, 0) is 11.2 Å². The molecule has 4 rings (SSSR count). The molecule has 0 radical (unpaired) electrons. The van der Waals surface area contributed by atoms with Crippen LogP contribution in [0.3, 0.4) is 0 Å². The van der Waals surface area contributed by atoms with Crippen molar-refractivity contribution in [1.29, 1.82) is 0 Å². The number of aromatic nitrogens is 2. The van der Waals surface area contributed by atoms with Gasteiger partial charge in [0.05, 0.1) is 6.42 Å². The fourth-order valence-corrected chi connectivity index (χ4v) is 3.95. The normalized spacial score (nSPS) is 17.4. The second-order valence-electron chi connectivity index (χ2n) is 6.96. The van der Waals surface area contributed by atoms with E-state index in [1.807, 2.05) is 28.5 Å². The topological polar surface area (TPSA) is 59.2 Å². The highest BCUT2D eigenvalue weighted by molar-refractivity contribution is 7.09. The standard InChI is InChI=1S/C20H21N3O2S/c1-13(2)14-5-3-6-16(9-14)23-12-15(10-19(23)24)20-21-18(25-22-20)11-17-7-4-8-26-17/h3-9,13,15H,10-12H2,1-2H3. The van der Waals surface area contributed by atoms with Crippen LogP contribution in [0.25, 0.3) is 0 Å². The van der Waals surface area contributed by atoms with Crippen LogP contribution in [0.5, 0.6) is 0 Å². The van der Waals surface area contributed by atoms with Gasteiger partial charge in [0.1, 0.15) is 0 Å². The first-order valence-corrected chi connectivity index (χ1v) is 9.73. The van der Waals surface area contributed by atoms with Crippen molar-refractivity contribution in [2.75, 3.05) is 11.4 Å². The Morgan fingerprint density at radius 3 is 2.96 bits per heavy atom. The Morgan fingerprint density at radius 2 is 2.19 bits per heavy atom. The number of anilines is 1. The Kier molecular flexibility index (Phi) is 4.59. The third-order valence-corrected chi connectivity index (χ3v) is 5.60. The smallest absolute Gasteiger partial charge is 0.231 e. The molecule has 3 heterocycles. The molecule has 5 nitrogen and oxygen atoms in total. The van der Waals surface area contributed by atoms with Gasteiger partial charge in [-0.2, -0.15) is 4.98 Å². The molecule has 3 aromatic rings. The predicted molar refractivity (Wildman–Crippen MR) is 102 cm³/mol. The summed E-state index contributed by atoms with van der Waals surface area (Å²) in [7, 11) is 0. The Morgan fingerprint density at radius 1 is 1.31 bits per heavy atom. The summed E-state index contributed by atoms with van der Waals surface area (Å²) < 4.78 is 5.39. The van der Waals surface area contributed by atoms with E-state index in [9.17, 15) is 4.79 Å². The van der Waals surface area contributed by atoms with Crippen LogP contribution in [0.4, 0.5) is 5.69 Å². The molecule has 0 spiro atoms. The van der Waals surface area contributed by atoms with Gasteiger partial charge in [-0.15, -0.1) is 11.3 Å². The van der Waals surface area contributed by atoms with Gasteiger partial charge in [0, 0.05) is 29.4 Å². The SMILES string of the molecule is CC(C)c1cccc(N2CC(c3noc(Cc4cccs4)n3)CC2=O)c1. The van der Waals surface area contributed by atoms with E-state index in [2.05, 4.69) is 42.2 Å². The molecule has 1 amide bonds. The van der Waals surface area contributed by atoms with Gasteiger partial charge >= 0.3 is 0 Å². The van der Waals surface area contributed by atoms with Crippen molar-refractivity contribution in [2.24, 2.45) is 0 Å². The summed E-state index contributed by atoms with van der Waals surface area (Å²) in [6.07, 6.45) is 1.06. The van der Waals surface area contributed by atoms with E-state index in [0.717, 1.165) is 5.69 Å². The van der Waals surface area contributed by atoms with Gasteiger partial charge in [0.2, 0.25) is 11.8 Å². The number of rotatable bonds is 5. The third-order valence-electron chi connectivity index (χ3n) is 4.73. The largest absolute Gasteiger partial charge is 0.339 e. The van der Waals surface area contributed by atoms with Crippen molar-refractivity contribution < 1.29 is 9.32 Å². The molecule has 1 saturated heterocycles. The van der Waals surface area contributed by atoms with E-state index in [1.54, 1.807) is 11.3 Å². The number of benzene rings is 1. The Hall–Kier alpha value is -2.47. The zero-order chi connectivity index (χ0) is 18.1. The van der Waals surface area contributed by atoms with E-state index >= 15 is 0 Å². The molecule has 1 aliphatic heterocycles. The summed E-state index contributed by atoms with van der Waals surface area (Å²) in [5.41, 5.74) is 2.18. The average Bonchev–Trinajstić information content (AvgIpc) is 3.36. The van der Waals surface area contributed by atoms with Gasteiger partial charge in [-0.25, -0.2) is 0 Å². The fraction of sp³-hybridized carbons (Fsp3) is 0.350. The van der Waals surface area contributed by atoms with Gasteiger partial charge in [0.15, 0.2) is 5.82 Å². The minimum atomic E-state index is -0.0222. The fourth-order valence-electron chi connectivity index (χ4n) is 3.25. The van der Waals surface area contributed by atoms with Crippen LogP contribution in [-0.4, -0.2) is 22.6 Å².